The maximum atomic E-state index is 5.22. The fourth-order valence-electron chi connectivity index (χ4n) is 20.4. The lowest BCUT2D eigenvalue weighted by atomic mass is 9.81. The van der Waals surface area contributed by atoms with Gasteiger partial charge in [-0.15, -0.1) is 0 Å². The zero-order valence-corrected chi connectivity index (χ0v) is 72.4. The Morgan fingerprint density at radius 2 is 0.446 bits per heavy atom. The van der Waals surface area contributed by atoms with E-state index in [4.69, 9.17) is 24.9 Å². The first-order chi connectivity index (χ1) is 63.9. The molecule has 0 saturated heterocycles. The van der Waals surface area contributed by atoms with Crippen LogP contribution in [-0.4, -0.2) is 24.9 Å². The van der Waals surface area contributed by atoms with Gasteiger partial charge in [0.05, 0.1) is 56.1 Å². The van der Waals surface area contributed by atoms with Gasteiger partial charge in [0, 0.05) is 44.0 Å². The molecule has 0 unspecified atom stereocenters. The molecule has 0 saturated carbocycles. The van der Waals surface area contributed by atoms with Crippen molar-refractivity contribution in [3.63, 3.8) is 0 Å². The fourth-order valence-corrected chi connectivity index (χ4v) is 20.4. The van der Waals surface area contributed by atoms with Gasteiger partial charge in [0.25, 0.3) is 0 Å². The highest BCUT2D eigenvalue weighted by molar-refractivity contribution is 6.26. The van der Waals surface area contributed by atoms with Gasteiger partial charge in [-0.1, -0.05) is 386 Å². The maximum Gasteiger partial charge on any atom is 0.0973 e. The Labute approximate surface area is 754 Å². The van der Waals surface area contributed by atoms with E-state index >= 15 is 0 Å². The van der Waals surface area contributed by atoms with Crippen molar-refractivity contribution >= 4 is 108 Å². The van der Waals surface area contributed by atoms with E-state index < -0.39 is 0 Å². The first kappa shape index (κ1) is 77.1. The maximum absolute atomic E-state index is 5.22. The molecule has 5 heteroatoms. The van der Waals surface area contributed by atoms with Crippen LogP contribution in [0.4, 0.5) is 0 Å². The van der Waals surface area contributed by atoms with Gasteiger partial charge in [-0.3, -0.25) is 0 Å². The van der Waals surface area contributed by atoms with Crippen LogP contribution in [0.15, 0.2) is 443 Å². The van der Waals surface area contributed by atoms with Crippen LogP contribution in [0.5, 0.6) is 0 Å². The van der Waals surface area contributed by atoms with Crippen molar-refractivity contribution in [1.82, 2.24) is 24.9 Å². The van der Waals surface area contributed by atoms with Crippen LogP contribution < -0.4 is 0 Å². The average Bonchev–Trinajstić information content (AvgIpc) is 1.38. The molecule has 0 amide bonds. The lowest BCUT2D eigenvalue weighted by molar-refractivity contribution is 0.660. The first-order valence-electron chi connectivity index (χ1n) is 44.9. The van der Waals surface area contributed by atoms with Crippen LogP contribution in [0.25, 0.3) is 231 Å². The van der Waals surface area contributed by atoms with Crippen LogP contribution in [-0.2, 0) is 10.8 Å². The Balaban J connectivity index is 0.000000108. The third kappa shape index (κ3) is 13.5. The van der Waals surface area contributed by atoms with E-state index in [1.165, 1.54) is 170 Å². The van der Waals surface area contributed by atoms with E-state index in [2.05, 4.69) is 422 Å². The number of para-hydroxylation sites is 5. The number of benzene rings is 21. The van der Waals surface area contributed by atoms with Crippen LogP contribution in [0.1, 0.15) is 49.9 Å². The fraction of sp³-hybridized carbons (Fsp3) is 0.0480. The second kappa shape index (κ2) is 31.3. The molecule has 0 aliphatic heterocycles. The van der Waals surface area contributed by atoms with Gasteiger partial charge >= 0.3 is 0 Å². The molecule has 130 heavy (non-hydrogen) atoms. The van der Waals surface area contributed by atoms with Crippen LogP contribution >= 0.6 is 0 Å². The van der Waals surface area contributed by atoms with Crippen molar-refractivity contribution in [2.75, 3.05) is 0 Å². The number of rotatable bonds is 9. The topological polar surface area (TPSA) is 64.5 Å². The van der Waals surface area contributed by atoms with E-state index in [1.807, 2.05) is 48.5 Å². The third-order valence-electron chi connectivity index (χ3n) is 27.3. The number of hydrogen-bond acceptors (Lipinski definition) is 5. The summed E-state index contributed by atoms with van der Waals surface area (Å²) in [6.45, 7) is 9.37. The molecule has 0 N–H and O–H groups in total. The number of pyridine rings is 1. The third-order valence-corrected chi connectivity index (χ3v) is 27.3. The minimum atomic E-state index is -0.0883. The van der Waals surface area contributed by atoms with Gasteiger partial charge in [-0.05, 0) is 249 Å². The summed E-state index contributed by atoms with van der Waals surface area (Å²) < 4.78 is 0. The normalized spacial score (nSPS) is 12.7. The number of aromatic nitrogens is 5. The molecule has 26 rings (SSSR count). The van der Waals surface area contributed by atoms with Crippen molar-refractivity contribution in [1.29, 1.82) is 0 Å². The zero-order chi connectivity index (χ0) is 86.7. The molecule has 2 aliphatic carbocycles. The molecule has 0 fully saturated rings. The second-order valence-electron chi connectivity index (χ2n) is 35.7. The highest BCUT2D eigenvalue weighted by Crippen LogP contribution is 2.54. The number of fused-ring (bicyclic) bond motifs is 19. The lowest BCUT2D eigenvalue weighted by Crippen LogP contribution is -2.15. The molecule has 3 aromatic heterocycles. The Hall–Kier alpha value is -16.5. The van der Waals surface area contributed by atoms with E-state index in [0.29, 0.717) is 0 Å². The number of hydrogen-bond donors (Lipinski definition) is 0. The summed E-state index contributed by atoms with van der Waals surface area (Å²) in [7, 11) is 0. The van der Waals surface area contributed by atoms with E-state index in [-0.39, 0.29) is 10.8 Å². The SMILES string of the molecule is CC1(C)c2cc(-c3cc(-c4ccc(-c5ccc6ccccc6c5)cc4)nc4ccccc34)ccc2-c2cc3ccccc3cc21.CC1(C)c2ccccc2-c2ccc(-c3nc4ccccc4nc3-c3ccc(-c4ccc5ccccc5c4)cc3)cc21.c1ccc2cc(-c3ccc(-c4nc5ccccc5nc4-c4ccc5c6ccccc6c6ccccc6c5c4)cc3)ccc2c1. The molecule has 2 aliphatic rings. The Morgan fingerprint density at radius 1 is 0.146 bits per heavy atom. The van der Waals surface area contributed by atoms with Crippen LogP contribution in [0, 0.1) is 0 Å². The number of nitrogens with zero attached hydrogens (tertiary/aromatic N) is 5. The Bertz CT molecular complexity index is 8690. The lowest BCUT2D eigenvalue weighted by Gasteiger charge is -2.22. The molecule has 0 spiro atoms. The van der Waals surface area contributed by atoms with E-state index in [9.17, 15) is 0 Å². The molecule has 21 aromatic carbocycles. The first-order valence-corrected chi connectivity index (χ1v) is 44.9. The minimum Gasteiger partial charge on any atom is -0.248 e. The highest BCUT2D eigenvalue weighted by atomic mass is 14.8. The molecule has 24 aromatic rings. The molecule has 0 atom stereocenters. The minimum absolute atomic E-state index is 0.0755. The summed E-state index contributed by atoms with van der Waals surface area (Å²) >= 11 is 0. The van der Waals surface area contributed by atoms with Crippen molar-refractivity contribution in [2.24, 2.45) is 0 Å². The monoisotopic (exact) mass is 1660 g/mol. The van der Waals surface area contributed by atoms with Gasteiger partial charge in [0.15, 0.2) is 0 Å². The largest absolute Gasteiger partial charge is 0.248 e. The van der Waals surface area contributed by atoms with Gasteiger partial charge in [0.1, 0.15) is 0 Å². The van der Waals surface area contributed by atoms with Crippen LogP contribution in [0.3, 0.4) is 0 Å². The van der Waals surface area contributed by atoms with Gasteiger partial charge in [-0.25, -0.2) is 24.9 Å². The summed E-state index contributed by atoms with van der Waals surface area (Å²) in [6.07, 6.45) is 0. The van der Waals surface area contributed by atoms with Crippen molar-refractivity contribution in [3.05, 3.63) is 465 Å². The molecule has 3 heterocycles. The molecule has 610 valence electrons. The predicted octanol–water partition coefficient (Wildman–Crippen LogP) is 33.2. The second-order valence-corrected chi connectivity index (χ2v) is 35.7. The molecule has 0 radical (unpaired) electrons. The van der Waals surface area contributed by atoms with Crippen molar-refractivity contribution in [2.45, 2.75) is 38.5 Å². The quantitative estimate of drug-likeness (QED) is 0.135. The smallest absolute Gasteiger partial charge is 0.0973 e. The summed E-state index contributed by atoms with van der Waals surface area (Å²) in [4.78, 5) is 25.9. The standard InChI is InChI=1S/C44H31N.C42H26N2.C39H28N2/c1-44(2)40-26-35(21-22-36(40)39-24-32-11-5-6-12-33(32)25-41(39)44)38-27-43(45-42-14-8-7-13-37(38)42)30-18-15-29(16-19-30)34-20-17-28-9-3-4-10-31(28)23-34;1-2-10-30-25-31(22-19-27(30)9-1)28-17-20-29(21-18-28)41-42(44-40-16-8-7-15-39(40)43-41)32-23-24-37-35-13-4-3-11-33(35)34-12-5-6-14-36(34)38(37)26-32;1-39(2)33-12-6-5-11-31(33)32-22-21-30(24-34(32)39)38-37(40-35-13-7-8-14-36(35)41-38)27-18-15-26(16-19-27)29-20-17-25-9-3-4-10-28(25)23-29/h3-27H,1-2H3;1-26H;3-24H,1-2H3. The molecular weight excluding hydrogens is 1570 g/mol. The van der Waals surface area contributed by atoms with Crippen LogP contribution in [0.2, 0.25) is 0 Å². The van der Waals surface area contributed by atoms with Gasteiger partial charge in [0.2, 0.25) is 0 Å². The van der Waals surface area contributed by atoms with Crippen molar-refractivity contribution < 1.29 is 0 Å². The Kier molecular flexibility index (Phi) is 18.6. The van der Waals surface area contributed by atoms with E-state index in [1.54, 1.807) is 0 Å². The summed E-state index contributed by atoms with van der Waals surface area (Å²) in [5.41, 5.74) is 34.9. The summed E-state index contributed by atoms with van der Waals surface area (Å²) in [6, 6.07) is 159. The van der Waals surface area contributed by atoms with Gasteiger partial charge in [-0.2, -0.15) is 0 Å². The van der Waals surface area contributed by atoms with E-state index in [0.717, 1.165) is 83.9 Å². The molecular formula is C125H85N5. The van der Waals surface area contributed by atoms with Crippen molar-refractivity contribution in [3.8, 4) is 123 Å². The predicted molar refractivity (Wildman–Crippen MR) is 547 cm³/mol. The molecule has 0 bridgehead atoms. The summed E-state index contributed by atoms with van der Waals surface area (Å²) in [5.74, 6) is 0. The summed E-state index contributed by atoms with van der Waals surface area (Å²) in [5, 5.41) is 18.8. The average molecular weight is 1660 g/mol. The molecule has 5 nitrogen and oxygen atoms in total. The Morgan fingerprint density at radius 3 is 0.931 bits per heavy atom. The van der Waals surface area contributed by atoms with Gasteiger partial charge < -0.3 is 0 Å². The highest BCUT2D eigenvalue weighted by Gasteiger charge is 2.38. The zero-order valence-electron chi connectivity index (χ0n) is 72.4.